The predicted octanol–water partition coefficient (Wildman–Crippen LogP) is 10.2. The smallest absolute Gasteiger partial charge is 0.117 e. The van der Waals surface area contributed by atoms with Crippen LogP contribution in [0.15, 0.2) is 154 Å². The standard InChI is InChI=1S/C35H27N3S2/c1-3-11-27(12-4-1)38(28-13-5-2-6-14-28)35-25(21-23-33-36-29-15-7-9-17-31(29)39-33)19-20-26(35)22-24-34-37-30-16-8-10-18-32(30)40-34/h1-18,21-24,36H,19-20H2. The van der Waals surface area contributed by atoms with Crippen molar-refractivity contribution >= 4 is 56.5 Å². The minimum atomic E-state index is 0.975. The molecule has 40 heavy (non-hydrogen) atoms. The minimum Gasteiger partial charge on any atom is -0.349 e. The Kier molecular flexibility index (Phi) is 6.82. The molecule has 0 radical (unpaired) electrons. The van der Waals surface area contributed by atoms with Gasteiger partial charge in [0.1, 0.15) is 5.01 Å². The molecule has 5 aromatic rings. The maximum absolute atomic E-state index is 4.85. The van der Waals surface area contributed by atoms with Crippen molar-refractivity contribution in [3.05, 3.63) is 154 Å². The van der Waals surface area contributed by atoms with Crippen LogP contribution in [-0.4, -0.2) is 4.98 Å². The molecule has 0 saturated heterocycles. The second-order valence-electron chi connectivity index (χ2n) is 9.68. The van der Waals surface area contributed by atoms with Gasteiger partial charge >= 0.3 is 0 Å². The Morgan fingerprint density at radius 3 is 2.15 bits per heavy atom. The number of rotatable bonds is 6. The van der Waals surface area contributed by atoms with Gasteiger partial charge in [0.15, 0.2) is 0 Å². The Morgan fingerprint density at radius 2 is 1.40 bits per heavy atom. The van der Waals surface area contributed by atoms with Crippen LogP contribution in [0.3, 0.4) is 0 Å². The highest BCUT2D eigenvalue weighted by atomic mass is 32.2. The summed E-state index contributed by atoms with van der Waals surface area (Å²) in [6, 6.07) is 38.2. The molecule has 5 heteroatoms. The molecular formula is C35H27N3S2. The lowest BCUT2D eigenvalue weighted by atomic mass is 10.1. The van der Waals surface area contributed by atoms with E-state index < -0.39 is 0 Å². The lowest BCUT2D eigenvalue weighted by Crippen LogP contribution is -2.17. The van der Waals surface area contributed by atoms with Gasteiger partial charge in [0.25, 0.3) is 0 Å². The molecule has 7 rings (SSSR count). The van der Waals surface area contributed by atoms with Crippen molar-refractivity contribution in [1.82, 2.24) is 4.98 Å². The number of para-hydroxylation sites is 4. The summed E-state index contributed by atoms with van der Waals surface area (Å²) in [5.41, 5.74) is 8.40. The Balaban J connectivity index is 1.32. The zero-order valence-electron chi connectivity index (χ0n) is 21.8. The summed E-state index contributed by atoms with van der Waals surface area (Å²) in [5.74, 6) is 0. The summed E-state index contributed by atoms with van der Waals surface area (Å²) in [4.78, 5) is 8.52. The van der Waals surface area contributed by atoms with Crippen LogP contribution >= 0.6 is 23.1 Å². The number of nitrogens with one attached hydrogen (secondary N) is 1. The molecule has 194 valence electrons. The van der Waals surface area contributed by atoms with Gasteiger partial charge in [-0.15, -0.1) is 11.3 Å². The molecule has 0 unspecified atom stereocenters. The van der Waals surface area contributed by atoms with E-state index in [0.717, 1.165) is 39.8 Å². The number of hydrogen-bond donors (Lipinski definition) is 1. The Labute approximate surface area is 242 Å². The third kappa shape index (κ3) is 5.02. The molecule has 2 heterocycles. The fraction of sp³-hybridized carbons (Fsp3) is 0.0571. The number of fused-ring (bicyclic) bond motifs is 2. The molecule has 0 atom stereocenters. The average molecular weight is 554 g/mol. The second-order valence-corrected chi connectivity index (χ2v) is 11.8. The number of nitrogens with zero attached hydrogens (tertiary/aromatic N) is 2. The van der Waals surface area contributed by atoms with Crippen LogP contribution in [0, 0.1) is 0 Å². The Morgan fingerprint density at radius 1 is 0.700 bits per heavy atom. The summed E-state index contributed by atoms with van der Waals surface area (Å²) in [5, 5.41) is 5.75. The van der Waals surface area contributed by atoms with E-state index >= 15 is 0 Å². The van der Waals surface area contributed by atoms with Gasteiger partial charge in [-0.1, -0.05) is 84.6 Å². The lowest BCUT2D eigenvalue weighted by Gasteiger charge is -2.28. The molecule has 4 aromatic carbocycles. The van der Waals surface area contributed by atoms with Crippen molar-refractivity contribution in [3.63, 3.8) is 0 Å². The lowest BCUT2D eigenvalue weighted by molar-refractivity contribution is 1.03. The molecule has 0 amide bonds. The summed E-state index contributed by atoms with van der Waals surface area (Å²) >= 11 is 3.52. The number of anilines is 3. The summed E-state index contributed by atoms with van der Waals surface area (Å²) in [6.45, 7) is 0. The molecule has 2 aliphatic rings. The molecule has 3 nitrogen and oxygen atoms in total. The highest BCUT2D eigenvalue weighted by Gasteiger charge is 2.26. The van der Waals surface area contributed by atoms with Gasteiger partial charge in [-0.05, 0) is 84.7 Å². The third-order valence-corrected chi connectivity index (χ3v) is 9.10. The van der Waals surface area contributed by atoms with Gasteiger partial charge in [-0.3, -0.25) is 0 Å². The van der Waals surface area contributed by atoms with Crippen LogP contribution in [0.2, 0.25) is 0 Å². The van der Waals surface area contributed by atoms with Crippen molar-refractivity contribution < 1.29 is 0 Å². The van der Waals surface area contributed by atoms with E-state index in [9.17, 15) is 0 Å². The number of benzene rings is 4. The molecular weight excluding hydrogens is 527 g/mol. The van der Waals surface area contributed by atoms with E-state index in [-0.39, 0.29) is 0 Å². The average Bonchev–Trinajstić information content (AvgIpc) is 3.72. The van der Waals surface area contributed by atoms with Crippen LogP contribution in [-0.2, 0) is 0 Å². The number of thiazole rings is 1. The highest BCUT2D eigenvalue weighted by Crippen LogP contribution is 2.43. The summed E-state index contributed by atoms with van der Waals surface area (Å²) in [6.07, 6.45) is 10.9. The monoisotopic (exact) mass is 553 g/mol. The van der Waals surface area contributed by atoms with E-state index in [0.29, 0.717) is 0 Å². The Bertz CT molecular complexity index is 1700. The molecule has 0 fully saturated rings. The maximum Gasteiger partial charge on any atom is 0.117 e. The van der Waals surface area contributed by atoms with Crippen molar-refractivity contribution in [1.29, 1.82) is 0 Å². The van der Waals surface area contributed by atoms with Crippen LogP contribution in [0.25, 0.3) is 16.3 Å². The van der Waals surface area contributed by atoms with Crippen LogP contribution in [0.5, 0.6) is 0 Å². The first kappa shape index (κ1) is 24.7. The fourth-order valence-electron chi connectivity index (χ4n) is 5.21. The molecule has 1 aromatic heterocycles. The van der Waals surface area contributed by atoms with Gasteiger partial charge in [0.2, 0.25) is 0 Å². The first-order valence-corrected chi connectivity index (χ1v) is 15.1. The fourth-order valence-corrected chi connectivity index (χ4v) is 6.99. The second kappa shape index (κ2) is 11.0. The first-order chi connectivity index (χ1) is 19.8. The van der Waals surface area contributed by atoms with Gasteiger partial charge in [-0.25, -0.2) is 4.98 Å². The quantitative estimate of drug-likeness (QED) is 0.226. The van der Waals surface area contributed by atoms with E-state index in [1.807, 2.05) is 6.07 Å². The number of allylic oxidation sites excluding steroid dienone is 5. The van der Waals surface area contributed by atoms with Crippen LogP contribution in [0.1, 0.15) is 17.8 Å². The van der Waals surface area contributed by atoms with Gasteiger partial charge in [-0.2, -0.15) is 0 Å². The Hall–Kier alpha value is -4.32. The topological polar surface area (TPSA) is 28.2 Å². The third-order valence-electron chi connectivity index (χ3n) is 7.06. The predicted molar refractivity (Wildman–Crippen MR) is 172 cm³/mol. The van der Waals surface area contributed by atoms with Crippen molar-refractivity contribution in [2.45, 2.75) is 17.7 Å². The number of hydrogen-bond acceptors (Lipinski definition) is 5. The largest absolute Gasteiger partial charge is 0.349 e. The van der Waals surface area contributed by atoms with Crippen LogP contribution < -0.4 is 10.2 Å². The summed E-state index contributed by atoms with van der Waals surface area (Å²) in [7, 11) is 0. The molecule has 0 bridgehead atoms. The SMILES string of the molecule is C(=Cc1nc2ccccc2s1)C1=C(N(c2ccccc2)c2ccccc2)C(=CC=C2Nc3ccccc3S2)CC1. The molecule has 0 spiro atoms. The minimum absolute atomic E-state index is 0.975. The van der Waals surface area contributed by atoms with E-state index in [2.05, 4.69) is 138 Å². The molecule has 1 aliphatic heterocycles. The maximum atomic E-state index is 4.85. The molecule has 1 aliphatic carbocycles. The van der Waals surface area contributed by atoms with Gasteiger partial charge in [0.05, 0.1) is 26.6 Å². The van der Waals surface area contributed by atoms with Crippen molar-refractivity contribution in [2.75, 3.05) is 10.2 Å². The zero-order chi connectivity index (χ0) is 26.7. The normalized spacial score (nSPS) is 16.8. The van der Waals surface area contributed by atoms with E-state index in [4.69, 9.17) is 4.98 Å². The van der Waals surface area contributed by atoms with Crippen molar-refractivity contribution in [2.24, 2.45) is 0 Å². The summed E-state index contributed by atoms with van der Waals surface area (Å²) < 4.78 is 1.22. The van der Waals surface area contributed by atoms with Crippen LogP contribution in [0.4, 0.5) is 17.1 Å². The number of thioether (sulfide) groups is 1. The molecule has 0 saturated carbocycles. The number of aromatic nitrogens is 1. The van der Waals surface area contributed by atoms with E-state index in [1.165, 1.54) is 32.1 Å². The van der Waals surface area contributed by atoms with E-state index in [1.54, 1.807) is 23.1 Å². The first-order valence-electron chi connectivity index (χ1n) is 13.4. The van der Waals surface area contributed by atoms with Gasteiger partial charge < -0.3 is 10.2 Å². The zero-order valence-corrected chi connectivity index (χ0v) is 23.5. The highest BCUT2D eigenvalue weighted by molar-refractivity contribution is 8.03. The van der Waals surface area contributed by atoms with Gasteiger partial charge in [0, 0.05) is 16.3 Å². The molecule has 1 N–H and O–H groups in total. The van der Waals surface area contributed by atoms with Crippen molar-refractivity contribution in [3.8, 4) is 0 Å².